The van der Waals surface area contributed by atoms with Gasteiger partial charge < -0.3 is 13.7 Å². The van der Waals surface area contributed by atoms with Gasteiger partial charge in [0.25, 0.3) is 11.1 Å². The zero-order valence-corrected chi connectivity index (χ0v) is 22.4. The zero-order valence-electron chi connectivity index (χ0n) is 20.8. The van der Waals surface area contributed by atoms with Gasteiger partial charge in [-0.15, -0.1) is 0 Å². The van der Waals surface area contributed by atoms with Crippen LogP contribution in [0.5, 0.6) is 17.2 Å². The summed E-state index contributed by atoms with van der Waals surface area (Å²) in [5, 5.41) is 1.59. The number of hydrogen-bond acceptors (Lipinski definition) is 8. The van der Waals surface area contributed by atoms with E-state index in [0.717, 1.165) is 27.4 Å². The number of imide groups is 1. The van der Waals surface area contributed by atoms with Crippen molar-refractivity contribution in [3.05, 3.63) is 101 Å². The Morgan fingerprint density at radius 1 is 0.846 bits per heavy atom. The maximum absolute atomic E-state index is 13.0. The molecule has 0 atom stereocenters. The van der Waals surface area contributed by atoms with Crippen LogP contribution in [0.2, 0.25) is 0 Å². The van der Waals surface area contributed by atoms with Crippen molar-refractivity contribution < 1.29 is 31.7 Å². The van der Waals surface area contributed by atoms with Crippen LogP contribution >= 0.6 is 11.8 Å². The third-order valence-corrected chi connectivity index (χ3v) is 8.07. The molecule has 0 spiro atoms. The third-order valence-electron chi connectivity index (χ3n) is 5.91. The van der Waals surface area contributed by atoms with Crippen molar-refractivity contribution >= 4 is 49.9 Å². The molecule has 0 unspecified atom stereocenters. The number of fused-ring (bicyclic) bond motifs is 1. The molecule has 1 saturated heterocycles. The summed E-state index contributed by atoms with van der Waals surface area (Å²) in [7, 11) is -2.68. The second kappa shape index (κ2) is 11.2. The smallest absolute Gasteiger partial charge is 0.339 e. The van der Waals surface area contributed by atoms with Crippen LogP contribution < -0.4 is 13.7 Å². The van der Waals surface area contributed by atoms with Crippen LogP contribution in [0.15, 0.2) is 101 Å². The fraction of sp³-hybridized carbons (Fsp3) is 0.103. The minimum absolute atomic E-state index is 0.00260. The summed E-state index contributed by atoms with van der Waals surface area (Å²) >= 11 is 0.825. The third kappa shape index (κ3) is 5.76. The van der Waals surface area contributed by atoms with Crippen LogP contribution in [-0.2, 0) is 14.9 Å². The minimum Gasteiger partial charge on any atom is -0.493 e. The first kappa shape index (κ1) is 26.3. The molecule has 0 bridgehead atoms. The average molecular weight is 562 g/mol. The summed E-state index contributed by atoms with van der Waals surface area (Å²) < 4.78 is 41.7. The summed E-state index contributed by atoms with van der Waals surface area (Å²) in [6.07, 6.45) is 1.55. The van der Waals surface area contributed by atoms with E-state index in [2.05, 4.69) is 0 Å². The fourth-order valence-electron chi connectivity index (χ4n) is 4.01. The first-order valence-electron chi connectivity index (χ1n) is 11.9. The first-order chi connectivity index (χ1) is 18.9. The van der Waals surface area contributed by atoms with Gasteiger partial charge in [0.1, 0.15) is 17.3 Å². The molecule has 1 heterocycles. The highest BCUT2D eigenvalue weighted by molar-refractivity contribution is 8.18. The summed E-state index contributed by atoms with van der Waals surface area (Å²) in [5.41, 5.74) is 0.536. The molecule has 4 aromatic carbocycles. The maximum atomic E-state index is 13.0. The van der Waals surface area contributed by atoms with E-state index in [9.17, 15) is 18.0 Å². The van der Waals surface area contributed by atoms with Crippen LogP contribution in [0, 0.1) is 0 Å². The molecule has 0 radical (unpaired) electrons. The number of methoxy groups -OCH3 is 1. The van der Waals surface area contributed by atoms with Crippen LogP contribution in [0.1, 0.15) is 5.56 Å². The van der Waals surface area contributed by atoms with Crippen LogP contribution in [-0.4, -0.2) is 44.7 Å². The quantitative estimate of drug-likeness (QED) is 0.189. The number of rotatable bonds is 9. The highest BCUT2D eigenvalue weighted by Gasteiger charge is 2.35. The summed E-state index contributed by atoms with van der Waals surface area (Å²) in [6.45, 7) is 0.244. The predicted octanol–water partition coefficient (Wildman–Crippen LogP) is 5.73. The topological polar surface area (TPSA) is 99.2 Å². The molecule has 1 aliphatic heterocycles. The summed E-state index contributed by atoms with van der Waals surface area (Å²) in [6, 6.07) is 25.8. The van der Waals surface area contributed by atoms with Gasteiger partial charge in [0.2, 0.25) is 0 Å². The number of hydrogen-bond donors (Lipinski definition) is 0. The Bertz CT molecular complexity index is 1680. The van der Waals surface area contributed by atoms with Gasteiger partial charge >= 0.3 is 10.1 Å². The van der Waals surface area contributed by atoms with E-state index >= 15 is 0 Å². The highest BCUT2D eigenvalue weighted by atomic mass is 32.2. The molecule has 0 aromatic heterocycles. The molecule has 1 fully saturated rings. The molecule has 4 aromatic rings. The van der Waals surface area contributed by atoms with Crippen molar-refractivity contribution in [1.82, 2.24) is 4.90 Å². The number of benzene rings is 4. The Kier molecular flexibility index (Phi) is 7.58. The Labute approximate surface area is 229 Å². The van der Waals surface area contributed by atoms with E-state index in [1.54, 1.807) is 30.3 Å². The summed E-state index contributed by atoms with van der Waals surface area (Å²) in [4.78, 5) is 26.9. The van der Waals surface area contributed by atoms with E-state index < -0.39 is 21.3 Å². The van der Waals surface area contributed by atoms with Crippen LogP contribution in [0.4, 0.5) is 4.79 Å². The maximum Gasteiger partial charge on any atom is 0.339 e. The van der Waals surface area contributed by atoms with Crippen molar-refractivity contribution in [2.45, 2.75) is 4.90 Å². The van der Waals surface area contributed by atoms with Gasteiger partial charge in [-0.1, -0.05) is 60.7 Å². The van der Waals surface area contributed by atoms with Crippen LogP contribution in [0.25, 0.3) is 16.8 Å². The van der Waals surface area contributed by atoms with Crippen LogP contribution in [0.3, 0.4) is 0 Å². The second-order valence-electron chi connectivity index (χ2n) is 8.42. The van der Waals surface area contributed by atoms with Crippen molar-refractivity contribution in [3.8, 4) is 17.2 Å². The van der Waals surface area contributed by atoms with Crippen molar-refractivity contribution in [1.29, 1.82) is 0 Å². The Hall–Kier alpha value is -4.28. The molecular weight excluding hydrogens is 538 g/mol. The number of thioether (sulfide) groups is 1. The van der Waals surface area contributed by atoms with Crippen molar-refractivity contribution in [2.24, 2.45) is 0 Å². The average Bonchev–Trinajstić information content (AvgIpc) is 3.21. The first-order valence-corrected chi connectivity index (χ1v) is 14.1. The van der Waals surface area contributed by atoms with E-state index in [-0.39, 0.29) is 34.5 Å². The zero-order chi connectivity index (χ0) is 27.4. The standard InChI is InChI=1S/C29H23NO7S2/c1-35-26-18-20(14-15-25(26)37-39(33,34)22-10-3-2-4-11-22)19-27-28(31)30(29(32)38-27)16-17-36-24-13-7-9-21-8-5-6-12-23(21)24/h2-15,18-19H,16-17H2,1H3/b27-19-. The molecule has 2 amide bonds. The molecular formula is C29H23NO7S2. The molecule has 5 rings (SSSR count). The normalized spacial score (nSPS) is 14.7. The molecule has 0 saturated carbocycles. The molecule has 0 aliphatic carbocycles. The lowest BCUT2D eigenvalue weighted by molar-refractivity contribution is -0.123. The SMILES string of the molecule is COc1cc(/C=C2\SC(=O)N(CCOc3cccc4ccccc34)C2=O)ccc1OS(=O)(=O)c1ccccc1. The molecule has 1 aliphatic rings. The number of amides is 2. The number of ether oxygens (including phenoxy) is 2. The number of carbonyl (C=O) groups is 2. The Morgan fingerprint density at radius 2 is 1.59 bits per heavy atom. The molecule has 10 heteroatoms. The largest absolute Gasteiger partial charge is 0.493 e. The summed E-state index contributed by atoms with van der Waals surface area (Å²) in [5.74, 6) is 0.403. The lowest BCUT2D eigenvalue weighted by Gasteiger charge is -2.14. The number of nitrogens with zero attached hydrogens (tertiary/aromatic N) is 1. The Morgan fingerprint density at radius 3 is 2.38 bits per heavy atom. The molecule has 39 heavy (non-hydrogen) atoms. The monoisotopic (exact) mass is 561 g/mol. The van der Waals surface area contributed by atoms with Gasteiger partial charge in [-0.3, -0.25) is 14.5 Å². The van der Waals surface area contributed by atoms with Crippen molar-refractivity contribution in [3.63, 3.8) is 0 Å². The van der Waals surface area contributed by atoms with Gasteiger partial charge in [0, 0.05) is 5.39 Å². The molecule has 0 N–H and O–H groups in total. The van der Waals surface area contributed by atoms with E-state index in [0.29, 0.717) is 11.3 Å². The van der Waals surface area contributed by atoms with E-state index in [4.69, 9.17) is 13.7 Å². The minimum atomic E-state index is -4.06. The van der Waals surface area contributed by atoms with Gasteiger partial charge in [0.05, 0.1) is 18.6 Å². The second-order valence-corrected chi connectivity index (χ2v) is 11.0. The van der Waals surface area contributed by atoms with E-state index in [1.165, 1.54) is 31.4 Å². The lowest BCUT2D eigenvalue weighted by Crippen LogP contribution is -2.32. The van der Waals surface area contributed by atoms with Gasteiger partial charge in [-0.2, -0.15) is 8.42 Å². The molecule has 198 valence electrons. The lowest BCUT2D eigenvalue weighted by atomic mass is 10.1. The van der Waals surface area contributed by atoms with Gasteiger partial charge in [-0.05, 0) is 59.1 Å². The number of carbonyl (C=O) groups excluding carboxylic acids is 2. The van der Waals surface area contributed by atoms with Gasteiger partial charge in [0.15, 0.2) is 11.5 Å². The van der Waals surface area contributed by atoms with E-state index in [1.807, 2.05) is 42.5 Å². The molecule has 8 nitrogen and oxygen atoms in total. The highest BCUT2D eigenvalue weighted by Crippen LogP contribution is 2.35. The van der Waals surface area contributed by atoms with Crippen molar-refractivity contribution in [2.75, 3.05) is 20.3 Å². The Balaban J connectivity index is 1.27. The predicted molar refractivity (Wildman–Crippen MR) is 149 cm³/mol. The van der Waals surface area contributed by atoms with Gasteiger partial charge in [-0.25, -0.2) is 0 Å². The fourth-order valence-corrected chi connectivity index (χ4v) is 5.83.